The lowest BCUT2D eigenvalue weighted by Gasteiger charge is -2.20. The molecule has 114 valence electrons. The SMILES string of the molecule is CC(C)(C)NCc1cnn(-c2cccc(F)c2)c1C(F)F. The average Bonchev–Trinajstić information content (AvgIpc) is 2.79. The summed E-state index contributed by atoms with van der Waals surface area (Å²) in [4.78, 5) is 0. The van der Waals surface area contributed by atoms with Gasteiger partial charge in [0.1, 0.15) is 11.5 Å². The lowest BCUT2D eigenvalue weighted by molar-refractivity contribution is 0.141. The van der Waals surface area contributed by atoms with E-state index in [0.717, 1.165) is 4.68 Å². The number of hydrogen-bond acceptors (Lipinski definition) is 2. The Kier molecular flexibility index (Phi) is 4.37. The predicted octanol–water partition coefficient (Wildman–Crippen LogP) is 3.84. The molecular weight excluding hydrogens is 279 g/mol. The van der Waals surface area contributed by atoms with Crippen LogP contribution in [0.3, 0.4) is 0 Å². The predicted molar refractivity (Wildman–Crippen MR) is 75.1 cm³/mol. The van der Waals surface area contributed by atoms with Gasteiger partial charge in [0.25, 0.3) is 6.43 Å². The summed E-state index contributed by atoms with van der Waals surface area (Å²) in [6.07, 6.45) is -1.29. The van der Waals surface area contributed by atoms with E-state index in [4.69, 9.17) is 0 Å². The molecule has 3 nitrogen and oxygen atoms in total. The number of halogens is 3. The van der Waals surface area contributed by atoms with Crippen molar-refractivity contribution in [1.82, 2.24) is 15.1 Å². The zero-order valence-electron chi connectivity index (χ0n) is 12.2. The summed E-state index contributed by atoms with van der Waals surface area (Å²) in [7, 11) is 0. The second kappa shape index (κ2) is 5.89. The molecule has 21 heavy (non-hydrogen) atoms. The van der Waals surface area contributed by atoms with E-state index in [1.54, 1.807) is 6.07 Å². The molecule has 0 spiro atoms. The highest BCUT2D eigenvalue weighted by molar-refractivity contribution is 5.36. The summed E-state index contributed by atoms with van der Waals surface area (Å²) in [6, 6.07) is 5.45. The van der Waals surface area contributed by atoms with E-state index in [2.05, 4.69) is 10.4 Å². The molecule has 0 bridgehead atoms. The molecule has 0 fully saturated rings. The van der Waals surface area contributed by atoms with Gasteiger partial charge in [-0.3, -0.25) is 0 Å². The largest absolute Gasteiger partial charge is 0.308 e. The van der Waals surface area contributed by atoms with Crippen molar-refractivity contribution in [3.05, 3.63) is 47.5 Å². The Morgan fingerprint density at radius 1 is 1.29 bits per heavy atom. The van der Waals surface area contributed by atoms with Gasteiger partial charge < -0.3 is 5.32 Å². The van der Waals surface area contributed by atoms with Crippen molar-refractivity contribution >= 4 is 0 Å². The Hall–Kier alpha value is -1.82. The van der Waals surface area contributed by atoms with Crippen LogP contribution in [0.5, 0.6) is 0 Å². The maximum Gasteiger partial charge on any atom is 0.280 e. The number of rotatable bonds is 4. The first-order valence-corrected chi connectivity index (χ1v) is 6.64. The molecule has 1 aromatic carbocycles. The Labute approximate surface area is 121 Å². The zero-order chi connectivity index (χ0) is 15.6. The van der Waals surface area contributed by atoms with E-state index in [1.807, 2.05) is 20.8 Å². The molecule has 0 radical (unpaired) electrons. The normalized spacial score (nSPS) is 12.1. The fourth-order valence-electron chi connectivity index (χ4n) is 1.93. The van der Waals surface area contributed by atoms with Gasteiger partial charge in [-0.25, -0.2) is 17.9 Å². The number of benzene rings is 1. The summed E-state index contributed by atoms with van der Waals surface area (Å²) in [5.41, 5.74) is 0.286. The molecule has 0 amide bonds. The lowest BCUT2D eigenvalue weighted by Crippen LogP contribution is -2.35. The number of alkyl halides is 2. The van der Waals surface area contributed by atoms with Crippen LogP contribution in [-0.2, 0) is 6.54 Å². The molecule has 0 aliphatic carbocycles. The molecule has 2 rings (SSSR count). The summed E-state index contributed by atoms with van der Waals surface area (Å²) in [6.45, 7) is 6.13. The third-order valence-electron chi connectivity index (χ3n) is 2.95. The van der Waals surface area contributed by atoms with Crippen LogP contribution in [0.4, 0.5) is 13.2 Å². The van der Waals surface area contributed by atoms with Gasteiger partial charge in [-0.1, -0.05) is 6.07 Å². The maximum atomic E-state index is 13.3. The topological polar surface area (TPSA) is 29.9 Å². The van der Waals surface area contributed by atoms with Crippen LogP contribution in [0.2, 0.25) is 0 Å². The van der Waals surface area contributed by atoms with Gasteiger partial charge >= 0.3 is 0 Å². The molecule has 0 unspecified atom stereocenters. The van der Waals surface area contributed by atoms with Crippen molar-refractivity contribution in [1.29, 1.82) is 0 Å². The number of nitrogens with zero attached hydrogens (tertiary/aromatic N) is 2. The first kappa shape index (κ1) is 15.6. The smallest absolute Gasteiger partial charge is 0.280 e. The minimum absolute atomic E-state index is 0.194. The molecule has 6 heteroatoms. The molecule has 0 atom stereocenters. The Morgan fingerprint density at radius 3 is 2.57 bits per heavy atom. The summed E-state index contributed by atoms with van der Waals surface area (Å²) >= 11 is 0. The van der Waals surface area contributed by atoms with Crippen molar-refractivity contribution in [3.8, 4) is 5.69 Å². The fourth-order valence-corrected chi connectivity index (χ4v) is 1.93. The van der Waals surface area contributed by atoms with E-state index in [-0.39, 0.29) is 23.5 Å². The third kappa shape index (κ3) is 3.85. The van der Waals surface area contributed by atoms with E-state index in [0.29, 0.717) is 5.56 Å². The summed E-state index contributed by atoms with van der Waals surface area (Å²) in [5.74, 6) is -0.488. The van der Waals surface area contributed by atoms with Crippen molar-refractivity contribution in [2.24, 2.45) is 0 Å². The van der Waals surface area contributed by atoms with Gasteiger partial charge in [-0.15, -0.1) is 0 Å². The van der Waals surface area contributed by atoms with Crippen LogP contribution >= 0.6 is 0 Å². The van der Waals surface area contributed by atoms with Crippen LogP contribution in [0.25, 0.3) is 5.69 Å². The molecular formula is C15H18F3N3. The van der Waals surface area contributed by atoms with Crippen LogP contribution in [0, 0.1) is 5.82 Å². The molecule has 0 aliphatic rings. The van der Waals surface area contributed by atoms with Crippen molar-refractivity contribution < 1.29 is 13.2 Å². The first-order chi connectivity index (χ1) is 9.78. The van der Waals surface area contributed by atoms with Crippen molar-refractivity contribution in [3.63, 3.8) is 0 Å². The molecule has 0 saturated heterocycles. The summed E-state index contributed by atoms with van der Waals surface area (Å²) < 4.78 is 41.0. The van der Waals surface area contributed by atoms with Crippen LogP contribution < -0.4 is 5.32 Å². The van der Waals surface area contributed by atoms with Crippen LogP contribution in [-0.4, -0.2) is 15.3 Å². The van der Waals surface area contributed by atoms with E-state index < -0.39 is 12.2 Å². The van der Waals surface area contributed by atoms with E-state index >= 15 is 0 Å². The standard InChI is InChI=1S/C15H18F3N3/c1-15(2,3)19-8-10-9-20-21(13(10)14(17)18)12-6-4-5-11(16)7-12/h4-7,9,14,19H,8H2,1-3H3. The minimum atomic E-state index is -2.69. The summed E-state index contributed by atoms with van der Waals surface area (Å²) in [5, 5.41) is 7.13. The Morgan fingerprint density at radius 2 is 2.00 bits per heavy atom. The van der Waals surface area contributed by atoms with Crippen LogP contribution in [0.1, 0.15) is 38.5 Å². The van der Waals surface area contributed by atoms with Crippen LogP contribution in [0.15, 0.2) is 30.5 Å². The van der Waals surface area contributed by atoms with Gasteiger partial charge in [0.2, 0.25) is 0 Å². The molecule has 1 heterocycles. The van der Waals surface area contributed by atoms with Gasteiger partial charge in [0, 0.05) is 17.6 Å². The van der Waals surface area contributed by atoms with Gasteiger partial charge in [-0.05, 0) is 39.0 Å². The van der Waals surface area contributed by atoms with Gasteiger partial charge in [0.15, 0.2) is 0 Å². The van der Waals surface area contributed by atoms with E-state index in [1.165, 1.54) is 24.4 Å². The monoisotopic (exact) mass is 297 g/mol. The second-order valence-electron chi connectivity index (χ2n) is 5.85. The quantitative estimate of drug-likeness (QED) is 0.929. The Bertz CT molecular complexity index is 615. The zero-order valence-corrected chi connectivity index (χ0v) is 12.2. The maximum absolute atomic E-state index is 13.3. The number of nitrogens with one attached hydrogen (secondary N) is 1. The average molecular weight is 297 g/mol. The van der Waals surface area contributed by atoms with Crippen molar-refractivity contribution in [2.75, 3.05) is 0 Å². The molecule has 2 aromatic rings. The molecule has 1 N–H and O–H groups in total. The highest BCUT2D eigenvalue weighted by atomic mass is 19.3. The molecule has 1 aromatic heterocycles. The Balaban J connectivity index is 2.37. The van der Waals surface area contributed by atoms with E-state index in [9.17, 15) is 13.2 Å². The molecule has 0 saturated carbocycles. The first-order valence-electron chi connectivity index (χ1n) is 6.64. The fraction of sp³-hybridized carbons (Fsp3) is 0.400. The molecule has 0 aliphatic heterocycles. The lowest BCUT2D eigenvalue weighted by atomic mass is 10.1. The van der Waals surface area contributed by atoms with Crippen molar-refractivity contribution in [2.45, 2.75) is 39.3 Å². The minimum Gasteiger partial charge on any atom is -0.308 e. The van der Waals surface area contributed by atoms with Gasteiger partial charge in [0.05, 0.1) is 11.9 Å². The van der Waals surface area contributed by atoms with Gasteiger partial charge in [-0.2, -0.15) is 5.10 Å². The third-order valence-corrected chi connectivity index (χ3v) is 2.95. The number of aromatic nitrogens is 2. The number of hydrogen-bond donors (Lipinski definition) is 1. The highest BCUT2D eigenvalue weighted by Gasteiger charge is 2.22. The highest BCUT2D eigenvalue weighted by Crippen LogP contribution is 2.26. The second-order valence-corrected chi connectivity index (χ2v) is 5.85.